The first-order valence-electron chi connectivity index (χ1n) is 6.41. The van der Waals surface area contributed by atoms with Gasteiger partial charge in [0.25, 0.3) is 0 Å². The fourth-order valence-electron chi connectivity index (χ4n) is 2.36. The second-order valence-corrected chi connectivity index (χ2v) is 5.29. The highest BCUT2D eigenvalue weighted by Crippen LogP contribution is 2.30. The highest BCUT2D eigenvalue weighted by Gasteiger charge is 2.24. The Bertz CT molecular complexity index is 613. The van der Waals surface area contributed by atoms with E-state index in [1.165, 1.54) is 6.07 Å². The fourth-order valence-corrected chi connectivity index (χ4v) is 2.55. The molecule has 1 atom stereocenters. The highest BCUT2D eigenvalue weighted by molar-refractivity contribution is 6.16. The van der Waals surface area contributed by atoms with E-state index in [4.69, 9.17) is 16.3 Å². The van der Waals surface area contributed by atoms with E-state index >= 15 is 0 Å². The molecule has 20 heavy (non-hydrogen) atoms. The van der Waals surface area contributed by atoms with Crippen molar-refractivity contribution in [2.45, 2.75) is 25.8 Å². The van der Waals surface area contributed by atoms with Crippen LogP contribution in [0.5, 0.6) is 0 Å². The van der Waals surface area contributed by atoms with Crippen molar-refractivity contribution < 1.29 is 13.5 Å². The number of rotatable bonds is 5. The molecule has 0 N–H and O–H groups in total. The van der Waals surface area contributed by atoms with E-state index in [2.05, 4.69) is 4.98 Å². The molecule has 0 radical (unpaired) electrons. The second kappa shape index (κ2) is 6.06. The smallest absolute Gasteiger partial charge is 0.184 e. The second-order valence-electron chi connectivity index (χ2n) is 5.03. The summed E-state index contributed by atoms with van der Waals surface area (Å²) in [5, 5.41) is 0. The lowest BCUT2D eigenvalue weighted by Crippen LogP contribution is -2.22. The average Bonchev–Trinajstić information content (AvgIpc) is 2.79. The van der Waals surface area contributed by atoms with Crippen LogP contribution in [-0.4, -0.2) is 23.3 Å². The molecule has 6 heteroatoms. The third-order valence-electron chi connectivity index (χ3n) is 3.37. The van der Waals surface area contributed by atoms with Gasteiger partial charge in [0.15, 0.2) is 11.6 Å². The standard InChI is InChI=1S/C14H17ClF2N2O/c1-8(2)11(7-20-3)19-12(6-15)18-10-5-4-9(16)13(17)14(10)19/h4-5,8,11H,6-7H2,1-3H3. The molecular weight excluding hydrogens is 286 g/mol. The van der Waals surface area contributed by atoms with Crippen LogP contribution in [0, 0.1) is 17.6 Å². The number of imidazole rings is 1. The molecule has 110 valence electrons. The monoisotopic (exact) mass is 302 g/mol. The van der Waals surface area contributed by atoms with Crippen LogP contribution in [0.25, 0.3) is 11.0 Å². The van der Waals surface area contributed by atoms with E-state index in [-0.39, 0.29) is 23.4 Å². The first kappa shape index (κ1) is 15.2. The van der Waals surface area contributed by atoms with Gasteiger partial charge in [-0.1, -0.05) is 13.8 Å². The van der Waals surface area contributed by atoms with Crippen LogP contribution in [0.1, 0.15) is 25.7 Å². The Labute approximate surface area is 121 Å². The molecule has 1 aromatic heterocycles. The Morgan fingerprint density at radius 1 is 1.35 bits per heavy atom. The van der Waals surface area contributed by atoms with Gasteiger partial charge in [-0.3, -0.25) is 0 Å². The van der Waals surface area contributed by atoms with E-state index in [1.807, 2.05) is 13.8 Å². The largest absolute Gasteiger partial charge is 0.383 e. The Morgan fingerprint density at radius 3 is 2.60 bits per heavy atom. The minimum absolute atomic E-state index is 0.128. The zero-order valence-corrected chi connectivity index (χ0v) is 12.4. The molecule has 2 aromatic rings. The number of alkyl halides is 1. The summed E-state index contributed by atoms with van der Waals surface area (Å²) in [7, 11) is 1.58. The van der Waals surface area contributed by atoms with Gasteiger partial charge in [-0.05, 0) is 18.1 Å². The van der Waals surface area contributed by atoms with Crippen LogP contribution in [0.4, 0.5) is 8.78 Å². The Balaban J connectivity index is 2.73. The van der Waals surface area contributed by atoms with Crippen LogP contribution in [0.15, 0.2) is 12.1 Å². The van der Waals surface area contributed by atoms with Gasteiger partial charge in [-0.2, -0.15) is 0 Å². The van der Waals surface area contributed by atoms with Crippen LogP contribution in [0.3, 0.4) is 0 Å². The minimum atomic E-state index is -0.895. The summed E-state index contributed by atoms with van der Waals surface area (Å²) in [5.74, 6) is -0.977. The van der Waals surface area contributed by atoms with E-state index in [1.54, 1.807) is 11.7 Å². The lowest BCUT2D eigenvalue weighted by molar-refractivity contribution is 0.133. The van der Waals surface area contributed by atoms with Crippen molar-refractivity contribution in [3.05, 3.63) is 29.6 Å². The summed E-state index contributed by atoms with van der Waals surface area (Å²) in [5.41, 5.74) is 0.553. The maximum Gasteiger partial charge on any atom is 0.184 e. The fraction of sp³-hybridized carbons (Fsp3) is 0.500. The molecule has 0 aliphatic heterocycles. The molecule has 0 aliphatic rings. The van der Waals surface area contributed by atoms with Crippen LogP contribution in [-0.2, 0) is 10.6 Å². The first-order chi connectivity index (χ1) is 9.51. The summed E-state index contributed by atoms with van der Waals surface area (Å²) in [6, 6.07) is 2.38. The summed E-state index contributed by atoms with van der Waals surface area (Å²) in [6.45, 7) is 4.36. The summed E-state index contributed by atoms with van der Waals surface area (Å²) < 4.78 is 34.5. The van der Waals surface area contributed by atoms with Crippen LogP contribution < -0.4 is 0 Å². The number of benzene rings is 1. The normalized spacial score (nSPS) is 13.3. The molecule has 0 saturated heterocycles. The number of hydrogen-bond donors (Lipinski definition) is 0. The van der Waals surface area contributed by atoms with E-state index < -0.39 is 11.6 Å². The molecule has 1 aromatic carbocycles. The molecule has 0 aliphatic carbocycles. The van der Waals surface area contributed by atoms with Gasteiger partial charge in [-0.25, -0.2) is 13.8 Å². The van der Waals surface area contributed by atoms with Gasteiger partial charge in [0.1, 0.15) is 11.3 Å². The predicted octanol–water partition coefficient (Wildman–Crippen LogP) is 3.90. The summed E-state index contributed by atoms with van der Waals surface area (Å²) >= 11 is 5.90. The number of methoxy groups -OCH3 is 1. The zero-order chi connectivity index (χ0) is 14.9. The lowest BCUT2D eigenvalue weighted by atomic mass is 10.0. The Kier molecular flexibility index (Phi) is 4.60. The van der Waals surface area contributed by atoms with Crippen molar-refractivity contribution in [1.82, 2.24) is 9.55 Å². The van der Waals surface area contributed by atoms with Crippen molar-refractivity contribution in [3.8, 4) is 0 Å². The van der Waals surface area contributed by atoms with Gasteiger partial charge in [0.2, 0.25) is 0 Å². The van der Waals surface area contributed by atoms with Crippen LogP contribution >= 0.6 is 11.6 Å². The third kappa shape index (κ3) is 2.52. The Hall–Kier alpha value is -1.20. The number of fused-ring (bicyclic) bond motifs is 1. The van der Waals surface area contributed by atoms with Gasteiger partial charge in [0, 0.05) is 7.11 Å². The van der Waals surface area contributed by atoms with Gasteiger partial charge in [0.05, 0.1) is 24.0 Å². The van der Waals surface area contributed by atoms with Gasteiger partial charge in [-0.15, -0.1) is 11.6 Å². The Morgan fingerprint density at radius 2 is 2.05 bits per heavy atom. The number of nitrogens with zero attached hydrogens (tertiary/aromatic N) is 2. The number of hydrogen-bond acceptors (Lipinski definition) is 2. The number of halogens is 3. The SMILES string of the molecule is COCC(C(C)C)n1c(CCl)nc2ccc(F)c(F)c21. The van der Waals surface area contributed by atoms with E-state index in [9.17, 15) is 8.78 Å². The molecule has 1 unspecified atom stereocenters. The van der Waals surface area contributed by atoms with Crippen molar-refractivity contribution in [2.75, 3.05) is 13.7 Å². The molecule has 0 saturated carbocycles. The molecule has 3 nitrogen and oxygen atoms in total. The van der Waals surface area contributed by atoms with Crippen molar-refractivity contribution >= 4 is 22.6 Å². The lowest BCUT2D eigenvalue weighted by Gasteiger charge is -2.24. The molecule has 0 bridgehead atoms. The summed E-state index contributed by atoms with van der Waals surface area (Å²) in [6.07, 6.45) is 0. The maximum absolute atomic E-state index is 14.2. The quantitative estimate of drug-likeness (QED) is 0.783. The molecular formula is C14H17ClF2N2O. The van der Waals surface area contributed by atoms with Crippen molar-refractivity contribution in [3.63, 3.8) is 0 Å². The van der Waals surface area contributed by atoms with Gasteiger partial charge < -0.3 is 9.30 Å². The van der Waals surface area contributed by atoms with Gasteiger partial charge >= 0.3 is 0 Å². The van der Waals surface area contributed by atoms with Crippen molar-refractivity contribution in [2.24, 2.45) is 5.92 Å². The van der Waals surface area contributed by atoms with E-state index in [0.717, 1.165) is 6.07 Å². The first-order valence-corrected chi connectivity index (χ1v) is 6.94. The topological polar surface area (TPSA) is 27.1 Å². The zero-order valence-electron chi connectivity index (χ0n) is 11.7. The molecule has 2 rings (SSSR count). The predicted molar refractivity (Wildman–Crippen MR) is 75.0 cm³/mol. The number of aromatic nitrogens is 2. The molecule has 0 fully saturated rings. The van der Waals surface area contributed by atoms with Crippen molar-refractivity contribution in [1.29, 1.82) is 0 Å². The van der Waals surface area contributed by atoms with Crippen LogP contribution in [0.2, 0.25) is 0 Å². The maximum atomic E-state index is 14.2. The molecule has 1 heterocycles. The number of ether oxygens (including phenoxy) is 1. The minimum Gasteiger partial charge on any atom is -0.383 e. The highest BCUT2D eigenvalue weighted by atomic mass is 35.5. The molecule has 0 amide bonds. The van der Waals surface area contributed by atoms with E-state index in [0.29, 0.717) is 17.9 Å². The summed E-state index contributed by atoms with van der Waals surface area (Å²) in [4.78, 5) is 4.29. The average molecular weight is 303 g/mol. The molecule has 0 spiro atoms. The third-order valence-corrected chi connectivity index (χ3v) is 3.61.